The van der Waals surface area contributed by atoms with Crippen molar-refractivity contribution in [1.29, 1.82) is 0 Å². The van der Waals surface area contributed by atoms with Gasteiger partial charge in [-0.25, -0.2) is 10.9 Å². The molecular weight excluding hydrogens is 402 g/mol. The third-order valence-corrected chi connectivity index (χ3v) is 3.98. The molecule has 26 heavy (non-hydrogen) atoms. The number of hydroxylamine groups is 1. The van der Waals surface area contributed by atoms with Crippen molar-refractivity contribution in [2.45, 2.75) is 0 Å². The van der Waals surface area contributed by atoms with Crippen LogP contribution in [-0.4, -0.2) is 30.3 Å². The van der Waals surface area contributed by atoms with Crippen molar-refractivity contribution in [3.63, 3.8) is 0 Å². The Bertz CT molecular complexity index is 865. The molecule has 0 aromatic heterocycles. The fourth-order valence-corrected chi connectivity index (χ4v) is 2.31. The van der Waals surface area contributed by atoms with E-state index in [9.17, 15) is 9.59 Å². The molecule has 3 N–H and O–H groups in total. The SMILES string of the molecule is COc1ccc(Br)c(/C=N/NC(=O)c2cccc(/C=C/C(=O)NO)c2)c1. The number of amides is 2. The van der Waals surface area contributed by atoms with Crippen LogP contribution in [0.25, 0.3) is 6.08 Å². The van der Waals surface area contributed by atoms with Crippen molar-refractivity contribution >= 4 is 40.0 Å². The molecule has 0 aliphatic carbocycles. The van der Waals surface area contributed by atoms with E-state index in [4.69, 9.17) is 9.94 Å². The van der Waals surface area contributed by atoms with E-state index < -0.39 is 11.8 Å². The zero-order chi connectivity index (χ0) is 18.9. The normalized spacial score (nSPS) is 10.9. The first-order chi connectivity index (χ1) is 12.5. The molecule has 8 heteroatoms. The van der Waals surface area contributed by atoms with Crippen molar-refractivity contribution in [3.8, 4) is 5.75 Å². The molecule has 2 aromatic carbocycles. The number of carbonyl (C=O) groups is 2. The minimum atomic E-state index is -0.659. The van der Waals surface area contributed by atoms with Gasteiger partial charge in [0.25, 0.3) is 11.8 Å². The summed E-state index contributed by atoms with van der Waals surface area (Å²) in [5.74, 6) is -0.386. The number of hydrazone groups is 1. The lowest BCUT2D eigenvalue weighted by molar-refractivity contribution is -0.124. The molecular formula is C18H16BrN3O4. The van der Waals surface area contributed by atoms with Crippen LogP contribution in [0, 0.1) is 0 Å². The van der Waals surface area contributed by atoms with Gasteiger partial charge in [-0.1, -0.05) is 28.1 Å². The van der Waals surface area contributed by atoms with Gasteiger partial charge in [0.05, 0.1) is 13.3 Å². The van der Waals surface area contributed by atoms with Gasteiger partial charge in [-0.05, 0) is 42.0 Å². The van der Waals surface area contributed by atoms with Gasteiger partial charge in [0.2, 0.25) is 0 Å². The Kier molecular flexibility index (Phi) is 7.07. The van der Waals surface area contributed by atoms with E-state index in [1.165, 1.54) is 17.8 Å². The summed E-state index contributed by atoms with van der Waals surface area (Å²) >= 11 is 3.40. The molecule has 0 atom stereocenters. The molecule has 0 aliphatic rings. The summed E-state index contributed by atoms with van der Waals surface area (Å²) in [5, 5.41) is 12.4. The maximum atomic E-state index is 12.2. The summed E-state index contributed by atoms with van der Waals surface area (Å²) < 4.78 is 5.96. The van der Waals surface area contributed by atoms with Crippen LogP contribution in [0.15, 0.2) is 58.1 Å². The minimum Gasteiger partial charge on any atom is -0.497 e. The summed E-state index contributed by atoms with van der Waals surface area (Å²) in [7, 11) is 1.57. The molecule has 0 saturated carbocycles. The van der Waals surface area contributed by atoms with Crippen molar-refractivity contribution in [1.82, 2.24) is 10.9 Å². The first-order valence-corrected chi connectivity index (χ1v) is 8.22. The Morgan fingerprint density at radius 3 is 2.77 bits per heavy atom. The lowest BCUT2D eigenvalue weighted by Gasteiger charge is -2.04. The molecule has 2 amide bonds. The fourth-order valence-electron chi connectivity index (χ4n) is 1.97. The minimum absolute atomic E-state index is 0.374. The average molecular weight is 418 g/mol. The second-order valence-electron chi connectivity index (χ2n) is 5.02. The number of hydrogen-bond donors (Lipinski definition) is 3. The molecule has 2 aromatic rings. The Morgan fingerprint density at radius 1 is 1.23 bits per heavy atom. The molecule has 0 bridgehead atoms. The highest BCUT2D eigenvalue weighted by atomic mass is 79.9. The summed E-state index contributed by atoms with van der Waals surface area (Å²) in [5.41, 5.74) is 5.68. The highest BCUT2D eigenvalue weighted by Gasteiger charge is 2.05. The van der Waals surface area contributed by atoms with Gasteiger partial charge in [-0.2, -0.15) is 5.10 Å². The molecule has 134 valence electrons. The first-order valence-electron chi connectivity index (χ1n) is 7.42. The summed E-state index contributed by atoms with van der Waals surface area (Å²) in [4.78, 5) is 23.2. The summed E-state index contributed by atoms with van der Waals surface area (Å²) in [6.07, 6.45) is 4.12. The number of nitrogens with zero attached hydrogens (tertiary/aromatic N) is 1. The lowest BCUT2D eigenvalue weighted by Crippen LogP contribution is -2.17. The zero-order valence-electron chi connectivity index (χ0n) is 13.8. The van der Waals surface area contributed by atoms with Crippen LogP contribution in [-0.2, 0) is 4.79 Å². The smallest absolute Gasteiger partial charge is 0.271 e. The number of methoxy groups -OCH3 is 1. The Labute approximate surface area is 158 Å². The van der Waals surface area contributed by atoms with Gasteiger partial charge in [0.15, 0.2) is 0 Å². The molecule has 0 saturated heterocycles. The van der Waals surface area contributed by atoms with Gasteiger partial charge in [0, 0.05) is 21.7 Å². The summed E-state index contributed by atoms with van der Waals surface area (Å²) in [6, 6.07) is 12.0. The topological polar surface area (TPSA) is 100 Å². The molecule has 0 radical (unpaired) electrons. The Balaban J connectivity index is 2.06. The van der Waals surface area contributed by atoms with Crippen LogP contribution in [0.1, 0.15) is 21.5 Å². The van der Waals surface area contributed by atoms with Crippen molar-refractivity contribution in [2.75, 3.05) is 7.11 Å². The highest BCUT2D eigenvalue weighted by molar-refractivity contribution is 9.10. The second kappa shape index (κ2) is 9.50. The first kappa shape index (κ1) is 19.4. The predicted molar refractivity (Wildman–Crippen MR) is 101 cm³/mol. The average Bonchev–Trinajstić information content (AvgIpc) is 2.67. The largest absolute Gasteiger partial charge is 0.497 e. The van der Waals surface area contributed by atoms with E-state index in [0.29, 0.717) is 16.9 Å². The monoisotopic (exact) mass is 417 g/mol. The molecule has 0 spiro atoms. The van der Waals surface area contributed by atoms with E-state index in [2.05, 4.69) is 26.5 Å². The number of ether oxygens (including phenoxy) is 1. The number of nitrogens with one attached hydrogen (secondary N) is 2. The van der Waals surface area contributed by atoms with Gasteiger partial charge in [0.1, 0.15) is 5.75 Å². The highest BCUT2D eigenvalue weighted by Crippen LogP contribution is 2.20. The quantitative estimate of drug-likeness (QED) is 0.291. The fraction of sp³-hybridized carbons (Fsp3) is 0.0556. The Morgan fingerprint density at radius 2 is 2.04 bits per heavy atom. The third-order valence-electron chi connectivity index (χ3n) is 3.26. The number of benzene rings is 2. The molecule has 0 fully saturated rings. The van der Waals surface area contributed by atoms with Gasteiger partial charge in [-0.15, -0.1) is 0 Å². The van der Waals surface area contributed by atoms with E-state index in [-0.39, 0.29) is 0 Å². The number of hydrogen-bond acceptors (Lipinski definition) is 5. The van der Waals surface area contributed by atoms with E-state index in [0.717, 1.165) is 16.1 Å². The second-order valence-corrected chi connectivity index (χ2v) is 5.88. The van der Waals surface area contributed by atoms with E-state index in [1.54, 1.807) is 43.5 Å². The standard InChI is InChI=1S/C18H16BrN3O4/c1-26-15-6-7-16(19)14(10-15)11-20-21-18(24)13-4-2-3-12(9-13)5-8-17(23)22-25/h2-11,25H,1H3,(H,21,24)(H,22,23)/b8-5+,20-11+. The zero-order valence-corrected chi connectivity index (χ0v) is 15.4. The maximum Gasteiger partial charge on any atom is 0.271 e. The predicted octanol–water partition coefficient (Wildman–Crippen LogP) is 2.74. The van der Waals surface area contributed by atoms with Gasteiger partial charge in [-0.3, -0.25) is 14.8 Å². The van der Waals surface area contributed by atoms with Crippen LogP contribution >= 0.6 is 15.9 Å². The van der Waals surface area contributed by atoms with Crippen LogP contribution in [0.3, 0.4) is 0 Å². The lowest BCUT2D eigenvalue weighted by atomic mass is 10.1. The van der Waals surface area contributed by atoms with Crippen LogP contribution in [0.4, 0.5) is 0 Å². The summed E-state index contributed by atoms with van der Waals surface area (Å²) in [6.45, 7) is 0. The van der Waals surface area contributed by atoms with Crippen LogP contribution in [0.5, 0.6) is 5.75 Å². The van der Waals surface area contributed by atoms with Crippen LogP contribution in [0.2, 0.25) is 0 Å². The van der Waals surface area contributed by atoms with Crippen LogP contribution < -0.4 is 15.6 Å². The van der Waals surface area contributed by atoms with E-state index >= 15 is 0 Å². The Hall–Kier alpha value is -2.97. The number of rotatable bonds is 6. The van der Waals surface area contributed by atoms with Gasteiger partial charge >= 0.3 is 0 Å². The molecule has 0 unspecified atom stereocenters. The van der Waals surface area contributed by atoms with Crippen molar-refractivity contribution in [2.24, 2.45) is 5.10 Å². The maximum absolute atomic E-state index is 12.2. The van der Waals surface area contributed by atoms with Crippen molar-refractivity contribution in [3.05, 3.63) is 69.7 Å². The molecule has 0 aliphatic heterocycles. The molecule has 7 nitrogen and oxygen atoms in total. The number of halogens is 1. The van der Waals surface area contributed by atoms with E-state index in [1.807, 2.05) is 6.07 Å². The van der Waals surface area contributed by atoms with Crippen molar-refractivity contribution < 1.29 is 19.5 Å². The molecule has 0 heterocycles. The van der Waals surface area contributed by atoms with Gasteiger partial charge < -0.3 is 4.74 Å². The number of carbonyl (C=O) groups excluding carboxylic acids is 2. The molecule has 2 rings (SSSR count). The third kappa shape index (κ3) is 5.54.